The van der Waals surface area contributed by atoms with Crippen molar-refractivity contribution in [2.24, 2.45) is 0 Å². The van der Waals surface area contributed by atoms with E-state index in [1.54, 1.807) is 0 Å². The van der Waals surface area contributed by atoms with Crippen molar-refractivity contribution in [3.05, 3.63) is 46.8 Å². The number of fused-ring (bicyclic) bond motifs is 1. The van der Waals surface area contributed by atoms with E-state index in [2.05, 4.69) is 12.2 Å². The van der Waals surface area contributed by atoms with Crippen LogP contribution in [0.3, 0.4) is 0 Å². The minimum Gasteiger partial charge on any atom is -0.493 e. The molecule has 0 amide bonds. The molecular weight excluding hydrogens is 176 g/mol. The summed E-state index contributed by atoms with van der Waals surface area (Å²) in [6.07, 6.45) is 9.39. The molecule has 3 aliphatic rings. The Kier molecular flexibility index (Phi) is 1.51. The molecule has 0 saturated heterocycles. The summed E-state index contributed by atoms with van der Waals surface area (Å²) >= 11 is 0. The van der Waals surface area contributed by atoms with Crippen molar-refractivity contribution in [1.82, 2.24) is 0 Å². The van der Waals surface area contributed by atoms with E-state index in [0.29, 0.717) is 13.0 Å². The molecule has 0 spiro atoms. The third kappa shape index (κ3) is 1.00. The maximum absolute atomic E-state index is 11.6. The zero-order valence-electron chi connectivity index (χ0n) is 7.75. The molecule has 14 heavy (non-hydrogen) atoms. The molecular formula is C12H10O2. The summed E-state index contributed by atoms with van der Waals surface area (Å²) < 4.78 is 5.48. The van der Waals surface area contributed by atoms with Crippen molar-refractivity contribution in [2.75, 3.05) is 6.61 Å². The molecule has 0 N–H and O–H groups in total. The summed E-state index contributed by atoms with van der Waals surface area (Å²) in [5.41, 5.74) is 3.29. The molecule has 0 radical (unpaired) electrons. The minimum atomic E-state index is 0.245. The van der Waals surface area contributed by atoms with Gasteiger partial charge < -0.3 is 4.74 Å². The Bertz CT molecular complexity index is 433. The normalized spacial score (nSPS) is 23.9. The zero-order valence-corrected chi connectivity index (χ0v) is 7.75. The van der Waals surface area contributed by atoms with Crippen LogP contribution in [0.4, 0.5) is 0 Å². The lowest BCUT2D eigenvalue weighted by Gasteiger charge is -2.23. The molecule has 2 aliphatic carbocycles. The maximum atomic E-state index is 11.6. The maximum Gasteiger partial charge on any atom is 0.166 e. The molecule has 0 aromatic heterocycles. The fourth-order valence-electron chi connectivity index (χ4n) is 2.05. The van der Waals surface area contributed by atoms with Crippen LogP contribution in [0.15, 0.2) is 46.8 Å². The first-order chi connectivity index (χ1) is 6.84. The van der Waals surface area contributed by atoms with Crippen LogP contribution in [0.2, 0.25) is 0 Å². The summed E-state index contributed by atoms with van der Waals surface area (Å²) in [5, 5.41) is 0. The smallest absolute Gasteiger partial charge is 0.166 e. The average Bonchev–Trinajstić information content (AvgIpc) is 2.62. The largest absolute Gasteiger partial charge is 0.493 e. The van der Waals surface area contributed by atoms with Gasteiger partial charge in [0.25, 0.3) is 0 Å². The van der Waals surface area contributed by atoms with Crippen molar-refractivity contribution in [3.8, 4) is 0 Å². The summed E-state index contributed by atoms with van der Waals surface area (Å²) in [6.45, 7) is 0.532. The molecule has 0 saturated carbocycles. The standard InChI is InChI=1S/C12H10O2/c13-11-4-5-14-12-7-9-3-1-2-8(9)6-10(11)12/h1-3,7H,4-6H2. The lowest BCUT2D eigenvalue weighted by atomic mass is 9.89. The van der Waals surface area contributed by atoms with Crippen molar-refractivity contribution >= 4 is 5.78 Å². The number of ketones is 1. The highest BCUT2D eigenvalue weighted by molar-refractivity contribution is 5.98. The SMILES string of the molecule is O=C1CCOC2=C1CC1=CC=CC1=C2. The topological polar surface area (TPSA) is 26.3 Å². The molecule has 3 rings (SSSR count). The number of carbonyl (C=O) groups is 1. The quantitative estimate of drug-likeness (QED) is 0.578. The van der Waals surface area contributed by atoms with Crippen LogP contribution in [0, 0.1) is 0 Å². The number of ether oxygens (including phenoxy) is 1. The van der Waals surface area contributed by atoms with E-state index in [1.165, 1.54) is 11.1 Å². The van der Waals surface area contributed by atoms with E-state index in [1.807, 2.05) is 12.2 Å². The average molecular weight is 186 g/mol. The van der Waals surface area contributed by atoms with Crippen LogP contribution in [-0.2, 0) is 9.53 Å². The first kappa shape index (κ1) is 7.80. The molecule has 2 heteroatoms. The Balaban J connectivity index is 2.09. The van der Waals surface area contributed by atoms with E-state index in [0.717, 1.165) is 17.8 Å². The van der Waals surface area contributed by atoms with Crippen LogP contribution >= 0.6 is 0 Å². The molecule has 0 bridgehead atoms. The summed E-state index contributed by atoms with van der Waals surface area (Å²) in [6, 6.07) is 0. The predicted octanol–water partition coefficient (Wildman–Crippen LogP) is 2.06. The zero-order chi connectivity index (χ0) is 9.54. The number of rotatable bonds is 0. The van der Waals surface area contributed by atoms with Gasteiger partial charge in [-0.1, -0.05) is 18.2 Å². The van der Waals surface area contributed by atoms with Gasteiger partial charge in [0.1, 0.15) is 5.76 Å². The van der Waals surface area contributed by atoms with Crippen LogP contribution in [0.5, 0.6) is 0 Å². The van der Waals surface area contributed by atoms with Crippen LogP contribution < -0.4 is 0 Å². The summed E-state index contributed by atoms with van der Waals surface area (Å²) in [4.78, 5) is 11.6. The lowest BCUT2D eigenvalue weighted by Crippen LogP contribution is -2.19. The second kappa shape index (κ2) is 2.71. The van der Waals surface area contributed by atoms with Crippen LogP contribution in [0.25, 0.3) is 0 Å². The Morgan fingerprint density at radius 2 is 2.29 bits per heavy atom. The number of carbonyl (C=O) groups excluding carboxylic acids is 1. The first-order valence-electron chi connectivity index (χ1n) is 4.83. The monoisotopic (exact) mass is 186 g/mol. The highest BCUT2D eigenvalue weighted by atomic mass is 16.5. The van der Waals surface area contributed by atoms with E-state index in [9.17, 15) is 4.79 Å². The minimum absolute atomic E-state index is 0.245. The summed E-state index contributed by atoms with van der Waals surface area (Å²) in [5.74, 6) is 1.04. The van der Waals surface area contributed by atoms with E-state index in [4.69, 9.17) is 4.74 Å². The van der Waals surface area contributed by atoms with Crippen molar-refractivity contribution < 1.29 is 9.53 Å². The van der Waals surface area contributed by atoms with E-state index >= 15 is 0 Å². The van der Waals surface area contributed by atoms with Gasteiger partial charge in [-0.25, -0.2) is 0 Å². The van der Waals surface area contributed by atoms with Gasteiger partial charge in [-0.15, -0.1) is 0 Å². The molecule has 1 aliphatic heterocycles. The molecule has 0 aromatic rings. The number of allylic oxidation sites excluding steroid dienone is 7. The summed E-state index contributed by atoms with van der Waals surface area (Å²) in [7, 11) is 0. The third-order valence-corrected chi connectivity index (χ3v) is 2.82. The van der Waals surface area contributed by atoms with Crippen LogP contribution in [0.1, 0.15) is 12.8 Å². The number of hydrogen-bond donors (Lipinski definition) is 0. The molecule has 0 fully saturated rings. The van der Waals surface area contributed by atoms with Gasteiger partial charge in [0, 0.05) is 18.4 Å². The Labute approximate surface area is 82.3 Å². The van der Waals surface area contributed by atoms with Crippen molar-refractivity contribution in [1.29, 1.82) is 0 Å². The number of hydrogen-bond acceptors (Lipinski definition) is 2. The molecule has 0 unspecified atom stereocenters. The lowest BCUT2D eigenvalue weighted by molar-refractivity contribution is -0.117. The second-order valence-corrected chi connectivity index (χ2v) is 3.69. The molecule has 1 heterocycles. The van der Waals surface area contributed by atoms with Crippen molar-refractivity contribution in [2.45, 2.75) is 12.8 Å². The first-order valence-corrected chi connectivity index (χ1v) is 4.83. The Morgan fingerprint density at radius 3 is 3.21 bits per heavy atom. The Morgan fingerprint density at radius 1 is 1.36 bits per heavy atom. The van der Waals surface area contributed by atoms with Gasteiger partial charge in [0.05, 0.1) is 6.61 Å². The fraction of sp³-hybridized carbons (Fsp3) is 0.250. The highest BCUT2D eigenvalue weighted by Gasteiger charge is 2.26. The highest BCUT2D eigenvalue weighted by Crippen LogP contribution is 2.35. The predicted molar refractivity (Wildman–Crippen MR) is 52.5 cm³/mol. The van der Waals surface area contributed by atoms with Crippen molar-refractivity contribution in [3.63, 3.8) is 0 Å². The Hall–Kier alpha value is -1.57. The van der Waals surface area contributed by atoms with Gasteiger partial charge in [0.15, 0.2) is 5.78 Å². The van der Waals surface area contributed by atoms with Gasteiger partial charge in [-0.05, 0) is 17.2 Å². The van der Waals surface area contributed by atoms with Gasteiger partial charge in [-0.3, -0.25) is 4.79 Å². The van der Waals surface area contributed by atoms with Gasteiger partial charge in [-0.2, -0.15) is 0 Å². The fourth-order valence-corrected chi connectivity index (χ4v) is 2.05. The molecule has 70 valence electrons. The van der Waals surface area contributed by atoms with Crippen LogP contribution in [-0.4, -0.2) is 12.4 Å². The van der Waals surface area contributed by atoms with E-state index < -0.39 is 0 Å². The second-order valence-electron chi connectivity index (χ2n) is 3.69. The third-order valence-electron chi connectivity index (χ3n) is 2.82. The van der Waals surface area contributed by atoms with E-state index in [-0.39, 0.29) is 5.78 Å². The molecule has 0 aromatic carbocycles. The van der Waals surface area contributed by atoms with Gasteiger partial charge in [0.2, 0.25) is 0 Å². The van der Waals surface area contributed by atoms with Gasteiger partial charge >= 0.3 is 0 Å². The molecule has 2 nitrogen and oxygen atoms in total. The number of Topliss-reactive ketones (excluding diaryl/α,β-unsaturated/α-hetero) is 1. The molecule has 0 atom stereocenters.